The summed E-state index contributed by atoms with van der Waals surface area (Å²) in [5.74, 6) is 0. The van der Waals surface area contributed by atoms with Gasteiger partial charge in [-0.15, -0.1) is 0 Å². The molecular weight excluding hydrogens is 272 g/mol. The molecule has 1 aromatic carbocycles. The fraction of sp³-hybridized carbons (Fsp3) is 0.500. The second kappa shape index (κ2) is 5.17. The highest BCUT2D eigenvalue weighted by Crippen LogP contribution is 2.30. The standard InChI is InChI=1S/C12H17ClN2O2S/c13-10-4-3-5-11(8-10)18(16,17)15-12(9-14)6-1-2-7-12/h3-5,8,15H,1-2,6-7,9,14H2. The Morgan fingerprint density at radius 1 is 1.33 bits per heavy atom. The van der Waals surface area contributed by atoms with Crippen LogP contribution in [0.2, 0.25) is 5.02 Å². The van der Waals surface area contributed by atoms with Gasteiger partial charge in [0.05, 0.1) is 4.90 Å². The van der Waals surface area contributed by atoms with Crippen molar-refractivity contribution in [2.75, 3.05) is 6.54 Å². The van der Waals surface area contributed by atoms with Crippen LogP contribution < -0.4 is 10.5 Å². The van der Waals surface area contributed by atoms with Gasteiger partial charge in [-0.2, -0.15) is 0 Å². The molecule has 1 aliphatic carbocycles. The maximum absolute atomic E-state index is 12.3. The lowest BCUT2D eigenvalue weighted by Crippen LogP contribution is -2.51. The van der Waals surface area contributed by atoms with Gasteiger partial charge in [-0.05, 0) is 31.0 Å². The predicted octanol–water partition coefficient (Wildman–Crippen LogP) is 1.89. The molecule has 0 heterocycles. The summed E-state index contributed by atoms with van der Waals surface area (Å²) in [6.07, 6.45) is 3.61. The van der Waals surface area contributed by atoms with Crippen LogP contribution in [0.5, 0.6) is 0 Å². The Hall–Kier alpha value is -0.620. The number of sulfonamides is 1. The molecule has 18 heavy (non-hydrogen) atoms. The Balaban J connectivity index is 2.27. The third kappa shape index (κ3) is 2.85. The molecule has 0 atom stereocenters. The van der Waals surface area contributed by atoms with E-state index in [-0.39, 0.29) is 4.90 Å². The minimum absolute atomic E-state index is 0.190. The summed E-state index contributed by atoms with van der Waals surface area (Å²) in [6.45, 7) is 0.326. The summed E-state index contributed by atoms with van der Waals surface area (Å²) in [5, 5.41) is 0.408. The number of rotatable bonds is 4. The quantitative estimate of drug-likeness (QED) is 0.889. The average molecular weight is 289 g/mol. The number of halogens is 1. The molecule has 0 amide bonds. The van der Waals surface area contributed by atoms with Crippen molar-refractivity contribution in [3.05, 3.63) is 29.3 Å². The molecule has 2 rings (SSSR count). The van der Waals surface area contributed by atoms with Crippen LogP contribution in [0.4, 0.5) is 0 Å². The highest BCUT2D eigenvalue weighted by Gasteiger charge is 2.36. The van der Waals surface area contributed by atoms with Gasteiger partial charge in [0.25, 0.3) is 0 Å². The number of hydrogen-bond acceptors (Lipinski definition) is 3. The van der Waals surface area contributed by atoms with Crippen LogP contribution in [0.25, 0.3) is 0 Å². The van der Waals surface area contributed by atoms with E-state index in [1.54, 1.807) is 12.1 Å². The van der Waals surface area contributed by atoms with Gasteiger partial charge in [0.1, 0.15) is 0 Å². The number of benzene rings is 1. The van der Waals surface area contributed by atoms with Crippen molar-refractivity contribution in [2.45, 2.75) is 36.1 Å². The number of nitrogens with two attached hydrogens (primary N) is 1. The normalized spacial score (nSPS) is 19.0. The van der Waals surface area contributed by atoms with Gasteiger partial charge in [-0.1, -0.05) is 30.5 Å². The van der Waals surface area contributed by atoms with Gasteiger partial charge >= 0.3 is 0 Å². The molecular formula is C12H17ClN2O2S. The van der Waals surface area contributed by atoms with E-state index in [4.69, 9.17) is 17.3 Å². The number of hydrogen-bond donors (Lipinski definition) is 2. The summed E-state index contributed by atoms with van der Waals surface area (Å²) in [6, 6.07) is 6.26. The molecule has 1 saturated carbocycles. The molecule has 0 aliphatic heterocycles. The minimum atomic E-state index is -3.55. The molecule has 1 aromatic rings. The topological polar surface area (TPSA) is 72.2 Å². The van der Waals surface area contributed by atoms with Crippen LogP contribution in [0, 0.1) is 0 Å². The van der Waals surface area contributed by atoms with Crippen molar-refractivity contribution in [3.8, 4) is 0 Å². The van der Waals surface area contributed by atoms with E-state index in [0.29, 0.717) is 11.6 Å². The molecule has 6 heteroatoms. The lowest BCUT2D eigenvalue weighted by atomic mass is 10.0. The van der Waals surface area contributed by atoms with E-state index < -0.39 is 15.6 Å². The molecule has 1 aliphatic rings. The van der Waals surface area contributed by atoms with E-state index in [1.165, 1.54) is 12.1 Å². The molecule has 0 saturated heterocycles. The first-order valence-corrected chi connectivity index (χ1v) is 7.83. The van der Waals surface area contributed by atoms with Crippen LogP contribution >= 0.6 is 11.6 Å². The van der Waals surface area contributed by atoms with E-state index in [9.17, 15) is 8.42 Å². The number of nitrogens with one attached hydrogen (secondary N) is 1. The van der Waals surface area contributed by atoms with Crippen LogP contribution in [-0.4, -0.2) is 20.5 Å². The smallest absolute Gasteiger partial charge is 0.241 e. The molecule has 100 valence electrons. The van der Waals surface area contributed by atoms with Crippen LogP contribution in [0.15, 0.2) is 29.2 Å². The zero-order valence-corrected chi connectivity index (χ0v) is 11.6. The Labute approximate surface area is 113 Å². The zero-order valence-electron chi connectivity index (χ0n) is 10.0. The lowest BCUT2D eigenvalue weighted by Gasteiger charge is -2.28. The van der Waals surface area contributed by atoms with Gasteiger partial charge in [0.2, 0.25) is 10.0 Å². The minimum Gasteiger partial charge on any atom is -0.329 e. The zero-order chi connectivity index (χ0) is 13.2. The highest BCUT2D eigenvalue weighted by atomic mass is 35.5. The molecule has 1 fully saturated rings. The van der Waals surface area contributed by atoms with Crippen molar-refractivity contribution in [3.63, 3.8) is 0 Å². The first-order valence-electron chi connectivity index (χ1n) is 5.97. The van der Waals surface area contributed by atoms with E-state index in [0.717, 1.165) is 25.7 Å². The van der Waals surface area contributed by atoms with Gasteiger partial charge in [0.15, 0.2) is 0 Å². The van der Waals surface area contributed by atoms with Crippen molar-refractivity contribution < 1.29 is 8.42 Å². The largest absolute Gasteiger partial charge is 0.329 e. The predicted molar refractivity (Wildman–Crippen MR) is 72.0 cm³/mol. The van der Waals surface area contributed by atoms with E-state index in [1.807, 2.05) is 0 Å². The fourth-order valence-corrected chi connectivity index (χ4v) is 4.15. The lowest BCUT2D eigenvalue weighted by molar-refractivity contribution is 0.399. The fourth-order valence-electron chi connectivity index (χ4n) is 2.38. The van der Waals surface area contributed by atoms with Crippen molar-refractivity contribution >= 4 is 21.6 Å². The molecule has 0 spiro atoms. The molecule has 0 radical (unpaired) electrons. The van der Waals surface area contributed by atoms with Crippen molar-refractivity contribution in [1.29, 1.82) is 0 Å². The summed E-state index contributed by atoms with van der Waals surface area (Å²) in [4.78, 5) is 0.190. The van der Waals surface area contributed by atoms with Gasteiger partial charge in [0, 0.05) is 17.1 Å². The summed E-state index contributed by atoms with van der Waals surface area (Å²) < 4.78 is 27.3. The van der Waals surface area contributed by atoms with E-state index in [2.05, 4.69) is 4.72 Å². The Morgan fingerprint density at radius 3 is 2.56 bits per heavy atom. The SMILES string of the molecule is NCC1(NS(=O)(=O)c2cccc(Cl)c2)CCCC1. The third-order valence-corrected chi connectivity index (χ3v) is 5.22. The second-order valence-corrected chi connectivity index (χ2v) is 6.87. The summed E-state index contributed by atoms with van der Waals surface area (Å²) >= 11 is 5.82. The maximum atomic E-state index is 12.3. The molecule has 0 unspecified atom stereocenters. The third-order valence-electron chi connectivity index (χ3n) is 3.41. The van der Waals surface area contributed by atoms with Gasteiger partial charge in [-0.3, -0.25) is 0 Å². The monoisotopic (exact) mass is 288 g/mol. The Kier molecular flexibility index (Phi) is 3.96. The molecule has 3 N–H and O–H groups in total. The molecule has 0 bridgehead atoms. The maximum Gasteiger partial charge on any atom is 0.241 e. The van der Waals surface area contributed by atoms with E-state index >= 15 is 0 Å². The Morgan fingerprint density at radius 2 is 2.00 bits per heavy atom. The molecule has 0 aromatic heterocycles. The van der Waals surface area contributed by atoms with Gasteiger partial charge in [-0.25, -0.2) is 13.1 Å². The average Bonchev–Trinajstić information content (AvgIpc) is 2.77. The van der Waals surface area contributed by atoms with Crippen molar-refractivity contribution in [1.82, 2.24) is 4.72 Å². The van der Waals surface area contributed by atoms with Gasteiger partial charge < -0.3 is 5.73 Å². The summed E-state index contributed by atoms with van der Waals surface area (Å²) in [7, 11) is -3.55. The van der Waals surface area contributed by atoms with Crippen LogP contribution in [0.1, 0.15) is 25.7 Å². The first kappa shape index (κ1) is 13.8. The van der Waals surface area contributed by atoms with Crippen LogP contribution in [-0.2, 0) is 10.0 Å². The highest BCUT2D eigenvalue weighted by molar-refractivity contribution is 7.89. The second-order valence-electron chi connectivity index (χ2n) is 4.75. The van der Waals surface area contributed by atoms with Crippen LogP contribution in [0.3, 0.4) is 0 Å². The summed E-state index contributed by atoms with van der Waals surface area (Å²) in [5.41, 5.74) is 5.25. The Bertz CT molecular complexity index is 525. The van der Waals surface area contributed by atoms with Crippen molar-refractivity contribution in [2.24, 2.45) is 5.73 Å². The molecule has 4 nitrogen and oxygen atoms in total. The first-order chi connectivity index (χ1) is 8.47.